The van der Waals surface area contributed by atoms with Gasteiger partial charge in [0.2, 0.25) is 0 Å². The molecule has 0 atom stereocenters. The molecule has 0 saturated carbocycles. The number of nitrogens with zero attached hydrogens (tertiary/aromatic N) is 2. The van der Waals surface area contributed by atoms with Crippen molar-refractivity contribution in [3.05, 3.63) is 51.3 Å². The van der Waals surface area contributed by atoms with E-state index in [1.165, 1.54) is 0 Å². The maximum absolute atomic E-state index is 11.1. The molecule has 0 aliphatic heterocycles. The maximum atomic E-state index is 11.1. The highest BCUT2D eigenvalue weighted by Crippen LogP contribution is 2.17. The minimum atomic E-state index is -1.14. The zero-order valence-electron chi connectivity index (χ0n) is 10.1. The molecule has 0 saturated heterocycles. The van der Waals surface area contributed by atoms with Crippen LogP contribution in [0.25, 0.3) is 5.69 Å². The Morgan fingerprint density at radius 2 is 2.21 bits per heavy atom. The molecule has 1 aromatic carbocycles. The SMILES string of the molecule is CCc1cc(=S)c(C(=O)O)nn1-c1cccc(Cl)c1. The molecule has 1 heterocycles. The molecule has 2 aromatic rings. The Balaban J connectivity index is 2.71. The highest BCUT2D eigenvalue weighted by molar-refractivity contribution is 7.71. The Hall–Kier alpha value is -1.72. The third-order valence-corrected chi connectivity index (χ3v) is 3.17. The van der Waals surface area contributed by atoms with Gasteiger partial charge in [-0.2, -0.15) is 5.10 Å². The lowest BCUT2D eigenvalue weighted by molar-refractivity contribution is 0.0687. The second-order valence-electron chi connectivity index (χ2n) is 3.90. The normalized spacial score (nSPS) is 10.4. The molecule has 0 aliphatic rings. The second kappa shape index (κ2) is 5.50. The van der Waals surface area contributed by atoms with Gasteiger partial charge >= 0.3 is 5.97 Å². The van der Waals surface area contributed by atoms with Gasteiger partial charge in [-0.05, 0) is 30.7 Å². The summed E-state index contributed by atoms with van der Waals surface area (Å²) in [5, 5.41) is 13.8. The van der Waals surface area contributed by atoms with Gasteiger partial charge in [0.05, 0.1) is 10.2 Å². The van der Waals surface area contributed by atoms with Crippen LogP contribution in [0.1, 0.15) is 23.1 Å². The van der Waals surface area contributed by atoms with Gasteiger partial charge in [-0.3, -0.25) is 0 Å². The zero-order chi connectivity index (χ0) is 14.0. The van der Waals surface area contributed by atoms with Crippen LogP contribution in [0.5, 0.6) is 0 Å². The maximum Gasteiger partial charge on any atom is 0.357 e. The molecule has 0 bridgehead atoms. The molecule has 0 fully saturated rings. The van der Waals surface area contributed by atoms with Crippen molar-refractivity contribution in [1.29, 1.82) is 0 Å². The fourth-order valence-electron chi connectivity index (χ4n) is 1.73. The molecule has 4 nitrogen and oxygen atoms in total. The zero-order valence-corrected chi connectivity index (χ0v) is 11.7. The van der Waals surface area contributed by atoms with Crippen LogP contribution in [-0.2, 0) is 6.42 Å². The van der Waals surface area contributed by atoms with Gasteiger partial charge < -0.3 is 5.11 Å². The predicted molar refractivity (Wildman–Crippen MR) is 75.7 cm³/mol. The van der Waals surface area contributed by atoms with E-state index in [-0.39, 0.29) is 10.2 Å². The minimum Gasteiger partial charge on any atom is -0.476 e. The Morgan fingerprint density at radius 1 is 1.47 bits per heavy atom. The number of halogens is 1. The molecular formula is C13H11ClN2O2S. The summed E-state index contributed by atoms with van der Waals surface area (Å²) in [7, 11) is 0. The molecule has 0 unspecified atom stereocenters. The summed E-state index contributed by atoms with van der Waals surface area (Å²) in [5.74, 6) is -1.14. The van der Waals surface area contributed by atoms with Gasteiger partial charge in [-0.25, -0.2) is 9.48 Å². The number of benzene rings is 1. The Kier molecular flexibility index (Phi) is 3.97. The lowest BCUT2D eigenvalue weighted by atomic mass is 10.2. The molecular weight excluding hydrogens is 284 g/mol. The van der Waals surface area contributed by atoms with E-state index in [4.69, 9.17) is 28.9 Å². The first kappa shape index (κ1) is 13.7. The summed E-state index contributed by atoms with van der Waals surface area (Å²) < 4.78 is 1.80. The summed E-state index contributed by atoms with van der Waals surface area (Å²) in [6.07, 6.45) is 0.684. The number of hydrogen-bond acceptors (Lipinski definition) is 3. The van der Waals surface area contributed by atoms with Gasteiger partial charge in [0.1, 0.15) is 0 Å². The number of aryl methyl sites for hydroxylation is 1. The van der Waals surface area contributed by atoms with Crippen LogP contribution >= 0.6 is 23.8 Å². The number of hydrogen-bond donors (Lipinski definition) is 1. The predicted octanol–water partition coefficient (Wildman–Crippen LogP) is 3.52. The molecule has 1 N–H and O–H groups in total. The highest BCUT2D eigenvalue weighted by Gasteiger charge is 2.12. The summed E-state index contributed by atoms with van der Waals surface area (Å²) in [6, 6.07) is 8.73. The molecule has 0 radical (unpaired) electrons. The van der Waals surface area contributed by atoms with E-state index in [1.54, 1.807) is 28.9 Å². The summed E-state index contributed by atoms with van der Waals surface area (Å²) in [5.41, 5.74) is 1.41. The smallest absolute Gasteiger partial charge is 0.357 e. The first-order valence-corrected chi connectivity index (χ1v) is 6.44. The third kappa shape index (κ3) is 2.83. The fraction of sp³-hybridized carbons (Fsp3) is 0.154. The van der Waals surface area contributed by atoms with Gasteiger partial charge in [-0.15, -0.1) is 0 Å². The van der Waals surface area contributed by atoms with Gasteiger partial charge in [0.15, 0.2) is 5.69 Å². The number of rotatable bonds is 3. The van der Waals surface area contributed by atoms with Crippen LogP contribution in [0.4, 0.5) is 0 Å². The second-order valence-corrected chi connectivity index (χ2v) is 4.78. The third-order valence-electron chi connectivity index (χ3n) is 2.62. The number of aromatic nitrogens is 2. The van der Waals surface area contributed by atoms with Gasteiger partial charge in [-0.1, -0.05) is 36.8 Å². The highest BCUT2D eigenvalue weighted by atomic mass is 35.5. The van der Waals surface area contributed by atoms with E-state index >= 15 is 0 Å². The number of aromatic carboxylic acids is 1. The van der Waals surface area contributed by atoms with Crippen LogP contribution in [0.3, 0.4) is 0 Å². The monoisotopic (exact) mass is 294 g/mol. The topological polar surface area (TPSA) is 55.1 Å². The fourth-order valence-corrected chi connectivity index (χ4v) is 2.17. The molecule has 0 aliphatic carbocycles. The van der Waals surface area contributed by atoms with Crippen molar-refractivity contribution in [3.63, 3.8) is 0 Å². The lowest BCUT2D eigenvalue weighted by Crippen LogP contribution is -2.13. The van der Waals surface area contributed by atoms with Crippen molar-refractivity contribution < 1.29 is 9.90 Å². The first-order chi connectivity index (χ1) is 9.02. The van der Waals surface area contributed by atoms with Gasteiger partial charge in [0, 0.05) is 10.7 Å². The van der Waals surface area contributed by atoms with Crippen molar-refractivity contribution in [1.82, 2.24) is 9.78 Å². The summed E-state index contributed by atoms with van der Waals surface area (Å²) >= 11 is 11.0. The number of carboxylic acids is 1. The van der Waals surface area contributed by atoms with Crippen LogP contribution < -0.4 is 0 Å². The average Bonchev–Trinajstić information content (AvgIpc) is 2.37. The number of carboxylic acid groups (broad SMARTS) is 1. The Bertz CT molecular complexity index is 697. The molecule has 2 rings (SSSR count). The molecule has 1 aromatic heterocycles. The van der Waals surface area contributed by atoms with E-state index < -0.39 is 5.97 Å². The molecule has 98 valence electrons. The largest absolute Gasteiger partial charge is 0.476 e. The lowest BCUT2D eigenvalue weighted by Gasteiger charge is -2.12. The summed E-state index contributed by atoms with van der Waals surface area (Å²) in [6.45, 7) is 1.95. The van der Waals surface area contributed by atoms with E-state index in [0.29, 0.717) is 17.1 Å². The number of carbonyl (C=O) groups is 1. The van der Waals surface area contributed by atoms with Crippen molar-refractivity contribution in [2.24, 2.45) is 0 Å². The summed E-state index contributed by atoms with van der Waals surface area (Å²) in [4.78, 5) is 11.1. The van der Waals surface area contributed by atoms with E-state index in [1.807, 2.05) is 13.0 Å². The quantitative estimate of drug-likeness (QED) is 0.880. The van der Waals surface area contributed by atoms with E-state index in [0.717, 1.165) is 5.69 Å². The van der Waals surface area contributed by atoms with Crippen LogP contribution in [0.15, 0.2) is 30.3 Å². The molecule has 0 amide bonds. The average molecular weight is 295 g/mol. The van der Waals surface area contributed by atoms with Crippen molar-refractivity contribution in [2.75, 3.05) is 0 Å². The Morgan fingerprint density at radius 3 is 2.79 bits per heavy atom. The first-order valence-electron chi connectivity index (χ1n) is 5.65. The van der Waals surface area contributed by atoms with Gasteiger partial charge in [0.25, 0.3) is 0 Å². The minimum absolute atomic E-state index is 0.132. The molecule has 6 heteroatoms. The Labute approximate surface area is 120 Å². The molecule has 0 spiro atoms. The van der Waals surface area contributed by atoms with Crippen LogP contribution in [-0.4, -0.2) is 20.9 Å². The van der Waals surface area contributed by atoms with Crippen LogP contribution in [0.2, 0.25) is 5.02 Å². The van der Waals surface area contributed by atoms with Crippen molar-refractivity contribution in [2.45, 2.75) is 13.3 Å². The molecule has 19 heavy (non-hydrogen) atoms. The van der Waals surface area contributed by atoms with Crippen molar-refractivity contribution in [3.8, 4) is 5.69 Å². The van der Waals surface area contributed by atoms with E-state index in [9.17, 15) is 4.79 Å². The van der Waals surface area contributed by atoms with Crippen LogP contribution in [0, 0.1) is 4.51 Å². The van der Waals surface area contributed by atoms with Crippen molar-refractivity contribution >= 4 is 29.8 Å². The van der Waals surface area contributed by atoms with E-state index in [2.05, 4.69) is 5.10 Å². The standard InChI is InChI=1S/C13H11ClN2O2S/c1-2-9-7-11(19)12(13(17)18)15-16(9)10-5-3-4-8(14)6-10/h3-7H,2H2,1H3,(H,17,18).